The van der Waals surface area contributed by atoms with E-state index in [1.54, 1.807) is 26.4 Å². The van der Waals surface area contributed by atoms with Gasteiger partial charge in [-0.1, -0.05) is 18.2 Å². The number of rotatable bonds is 9. The van der Waals surface area contributed by atoms with Crippen LogP contribution in [0.25, 0.3) is 0 Å². The second-order valence-corrected chi connectivity index (χ2v) is 6.43. The summed E-state index contributed by atoms with van der Waals surface area (Å²) in [6, 6.07) is 13.1. The van der Waals surface area contributed by atoms with E-state index in [1.807, 2.05) is 30.3 Å². The molecule has 0 bridgehead atoms. The minimum absolute atomic E-state index is 0.125. The number of hydrogen-bond acceptors (Lipinski definition) is 5. The van der Waals surface area contributed by atoms with Crippen molar-refractivity contribution in [1.29, 1.82) is 0 Å². The minimum atomic E-state index is -0.374. The fraction of sp³-hybridized carbons (Fsp3) is 0.400. The van der Waals surface area contributed by atoms with E-state index in [4.69, 9.17) is 9.47 Å². The first-order chi connectivity index (χ1) is 12.4. The van der Waals surface area contributed by atoms with Crippen molar-refractivity contribution in [1.82, 2.24) is 4.90 Å². The fourth-order valence-electron chi connectivity index (χ4n) is 2.79. The van der Waals surface area contributed by atoms with Crippen LogP contribution in [0, 0.1) is 10.1 Å². The van der Waals surface area contributed by atoms with Crippen molar-refractivity contribution in [2.24, 2.45) is 0 Å². The Morgan fingerprint density at radius 1 is 1.00 bits per heavy atom. The normalized spacial score (nSPS) is 11.0. The molecule has 0 aromatic heterocycles. The molecular weight excluding hydrogens is 332 g/mol. The Kier molecular flexibility index (Phi) is 6.97. The molecule has 0 N–H and O–H groups in total. The summed E-state index contributed by atoms with van der Waals surface area (Å²) in [6.45, 7) is 5.99. The summed E-state index contributed by atoms with van der Waals surface area (Å²) < 4.78 is 10.7. The van der Waals surface area contributed by atoms with Gasteiger partial charge in [-0.15, -0.1) is 0 Å². The third-order valence-corrected chi connectivity index (χ3v) is 4.40. The molecule has 0 unspecified atom stereocenters. The van der Waals surface area contributed by atoms with Gasteiger partial charge >= 0.3 is 0 Å². The second-order valence-electron chi connectivity index (χ2n) is 6.43. The van der Waals surface area contributed by atoms with E-state index in [0.29, 0.717) is 6.04 Å². The van der Waals surface area contributed by atoms with Gasteiger partial charge in [0, 0.05) is 31.3 Å². The summed E-state index contributed by atoms with van der Waals surface area (Å²) in [5, 5.41) is 10.7. The first-order valence-corrected chi connectivity index (χ1v) is 8.63. The predicted molar refractivity (Wildman–Crippen MR) is 102 cm³/mol. The maximum Gasteiger partial charge on any atom is 0.269 e. The zero-order valence-electron chi connectivity index (χ0n) is 15.8. The zero-order valence-corrected chi connectivity index (χ0v) is 15.8. The Hall–Kier alpha value is -2.60. The molecule has 6 nitrogen and oxygen atoms in total. The number of methoxy groups -OCH3 is 2. The van der Waals surface area contributed by atoms with Crippen LogP contribution in [-0.4, -0.2) is 36.6 Å². The van der Waals surface area contributed by atoms with E-state index in [9.17, 15) is 10.1 Å². The van der Waals surface area contributed by atoms with Gasteiger partial charge in [-0.25, -0.2) is 0 Å². The number of nitro groups is 1. The molecule has 0 spiro atoms. The maximum absolute atomic E-state index is 10.7. The van der Waals surface area contributed by atoms with Crippen molar-refractivity contribution in [3.05, 3.63) is 63.7 Å². The average molecular weight is 358 g/mol. The van der Waals surface area contributed by atoms with Crippen LogP contribution in [0.1, 0.15) is 25.0 Å². The van der Waals surface area contributed by atoms with Gasteiger partial charge in [0.1, 0.15) is 0 Å². The van der Waals surface area contributed by atoms with Crippen molar-refractivity contribution < 1.29 is 14.4 Å². The molecule has 0 saturated carbocycles. The van der Waals surface area contributed by atoms with Gasteiger partial charge < -0.3 is 9.47 Å². The summed E-state index contributed by atoms with van der Waals surface area (Å²) in [5.74, 6) is 1.45. The van der Waals surface area contributed by atoms with E-state index in [0.717, 1.165) is 42.1 Å². The SMILES string of the molecule is COc1ccc(CN(CCc2ccc([N+](=O)[O-])cc2)C(C)C)cc1OC. The predicted octanol–water partition coefficient (Wildman–Crippen LogP) is 4.07. The molecule has 26 heavy (non-hydrogen) atoms. The van der Waals surface area contributed by atoms with E-state index in [-0.39, 0.29) is 10.6 Å². The first kappa shape index (κ1) is 19.7. The number of benzene rings is 2. The third-order valence-electron chi connectivity index (χ3n) is 4.40. The van der Waals surface area contributed by atoms with Gasteiger partial charge in [0.25, 0.3) is 5.69 Å². The Bertz CT molecular complexity index is 729. The van der Waals surface area contributed by atoms with Crippen LogP contribution in [0.5, 0.6) is 11.5 Å². The zero-order chi connectivity index (χ0) is 19.1. The van der Waals surface area contributed by atoms with Crippen LogP contribution in [0.3, 0.4) is 0 Å². The quantitative estimate of drug-likeness (QED) is 0.499. The summed E-state index contributed by atoms with van der Waals surface area (Å²) in [5.41, 5.74) is 2.37. The van der Waals surface area contributed by atoms with Gasteiger partial charge in [-0.2, -0.15) is 0 Å². The molecule has 0 amide bonds. The number of ether oxygens (including phenoxy) is 2. The van der Waals surface area contributed by atoms with Crippen molar-refractivity contribution >= 4 is 5.69 Å². The van der Waals surface area contributed by atoms with E-state index < -0.39 is 0 Å². The highest BCUT2D eigenvalue weighted by atomic mass is 16.6. The van der Waals surface area contributed by atoms with E-state index >= 15 is 0 Å². The smallest absolute Gasteiger partial charge is 0.269 e. The van der Waals surface area contributed by atoms with Crippen molar-refractivity contribution in [3.8, 4) is 11.5 Å². The average Bonchev–Trinajstić information content (AvgIpc) is 2.64. The number of nitrogens with zero attached hydrogens (tertiary/aromatic N) is 2. The monoisotopic (exact) mass is 358 g/mol. The number of nitro benzene ring substituents is 1. The fourth-order valence-corrected chi connectivity index (χ4v) is 2.79. The van der Waals surface area contributed by atoms with Crippen LogP contribution in [0.2, 0.25) is 0 Å². The lowest BCUT2D eigenvalue weighted by Gasteiger charge is -2.27. The molecule has 2 aromatic rings. The highest BCUT2D eigenvalue weighted by molar-refractivity contribution is 5.42. The third kappa shape index (κ3) is 5.20. The molecule has 2 rings (SSSR count). The Morgan fingerprint density at radius 2 is 1.62 bits per heavy atom. The molecule has 0 aliphatic heterocycles. The summed E-state index contributed by atoms with van der Waals surface area (Å²) in [4.78, 5) is 12.7. The molecule has 0 atom stereocenters. The van der Waals surface area contributed by atoms with Crippen LogP contribution in [-0.2, 0) is 13.0 Å². The summed E-state index contributed by atoms with van der Waals surface area (Å²) in [7, 11) is 3.26. The molecule has 0 aliphatic rings. The first-order valence-electron chi connectivity index (χ1n) is 8.63. The molecule has 0 heterocycles. The lowest BCUT2D eigenvalue weighted by Crippen LogP contribution is -2.32. The van der Waals surface area contributed by atoms with Crippen LogP contribution in [0.15, 0.2) is 42.5 Å². The molecule has 6 heteroatoms. The Balaban J connectivity index is 2.03. The standard InChI is InChI=1S/C20H26N2O4/c1-15(2)21(12-11-16-5-8-18(9-6-16)22(23)24)14-17-7-10-19(25-3)20(13-17)26-4/h5-10,13,15H,11-12,14H2,1-4H3. The van der Waals surface area contributed by atoms with Crippen LogP contribution >= 0.6 is 0 Å². The van der Waals surface area contributed by atoms with Crippen molar-refractivity contribution in [2.75, 3.05) is 20.8 Å². The van der Waals surface area contributed by atoms with Crippen LogP contribution < -0.4 is 9.47 Å². The minimum Gasteiger partial charge on any atom is -0.493 e. The number of non-ortho nitro benzene ring substituents is 1. The van der Waals surface area contributed by atoms with Gasteiger partial charge in [-0.3, -0.25) is 15.0 Å². The van der Waals surface area contributed by atoms with Crippen molar-refractivity contribution in [2.45, 2.75) is 32.9 Å². The Morgan fingerprint density at radius 3 is 2.15 bits per heavy atom. The van der Waals surface area contributed by atoms with Gasteiger partial charge in [0.05, 0.1) is 19.1 Å². The molecule has 0 fully saturated rings. The van der Waals surface area contributed by atoms with Gasteiger partial charge in [-0.05, 0) is 43.5 Å². The summed E-state index contributed by atoms with van der Waals surface area (Å²) >= 11 is 0. The molecule has 2 aromatic carbocycles. The molecular formula is C20H26N2O4. The van der Waals surface area contributed by atoms with Crippen molar-refractivity contribution in [3.63, 3.8) is 0 Å². The largest absolute Gasteiger partial charge is 0.493 e. The van der Waals surface area contributed by atoms with E-state index in [2.05, 4.69) is 18.7 Å². The molecule has 0 saturated heterocycles. The van der Waals surface area contributed by atoms with E-state index in [1.165, 1.54) is 0 Å². The second kappa shape index (κ2) is 9.20. The highest BCUT2D eigenvalue weighted by Crippen LogP contribution is 2.28. The Labute approximate surface area is 154 Å². The summed E-state index contributed by atoms with van der Waals surface area (Å²) in [6.07, 6.45) is 0.837. The lowest BCUT2D eigenvalue weighted by molar-refractivity contribution is -0.384. The highest BCUT2D eigenvalue weighted by Gasteiger charge is 2.13. The van der Waals surface area contributed by atoms with Gasteiger partial charge in [0.2, 0.25) is 0 Å². The lowest BCUT2D eigenvalue weighted by atomic mass is 10.1. The topological polar surface area (TPSA) is 64.8 Å². The maximum atomic E-state index is 10.7. The number of hydrogen-bond donors (Lipinski definition) is 0. The molecule has 0 aliphatic carbocycles. The molecule has 140 valence electrons. The van der Waals surface area contributed by atoms with Crippen LogP contribution in [0.4, 0.5) is 5.69 Å². The van der Waals surface area contributed by atoms with Gasteiger partial charge in [0.15, 0.2) is 11.5 Å². The molecule has 0 radical (unpaired) electrons.